The van der Waals surface area contributed by atoms with Crippen LogP contribution in [0.4, 0.5) is 5.69 Å². The van der Waals surface area contributed by atoms with E-state index in [9.17, 15) is 0 Å². The molecular weight excluding hydrogens is 220 g/mol. The molecule has 18 heavy (non-hydrogen) atoms. The molecule has 2 unspecified atom stereocenters. The fraction of sp³-hybridized carbons (Fsp3) is 0.625. The van der Waals surface area contributed by atoms with Crippen molar-refractivity contribution in [2.24, 2.45) is 5.92 Å². The number of likely N-dealkylation sites (tertiary alicyclic amines) is 1. The molecule has 0 aliphatic carbocycles. The molecule has 100 valence electrons. The van der Waals surface area contributed by atoms with Crippen LogP contribution in [0.1, 0.15) is 32.3 Å². The predicted octanol–water partition coefficient (Wildman–Crippen LogP) is 3.53. The van der Waals surface area contributed by atoms with Crippen molar-refractivity contribution in [2.75, 3.05) is 25.0 Å². The van der Waals surface area contributed by atoms with Crippen LogP contribution < -0.4 is 5.32 Å². The molecule has 0 saturated carbocycles. The minimum absolute atomic E-state index is 0.734. The summed E-state index contributed by atoms with van der Waals surface area (Å²) in [5.74, 6) is 0.845. The highest BCUT2D eigenvalue weighted by Crippen LogP contribution is 2.22. The number of nitrogens with one attached hydrogen (secondary N) is 1. The maximum Gasteiger partial charge on any atom is 0.0370 e. The maximum atomic E-state index is 3.55. The number of hydrogen-bond donors (Lipinski definition) is 1. The Labute approximate surface area is 111 Å². The third-order valence-corrected chi connectivity index (χ3v) is 4.36. The van der Waals surface area contributed by atoms with E-state index in [1.807, 2.05) is 0 Å². The lowest BCUT2D eigenvalue weighted by Gasteiger charge is -2.38. The summed E-state index contributed by atoms with van der Waals surface area (Å²) >= 11 is 0. The first-order chi connectivity index (χ1) is 8.68. The van der Waals surface area contributed by atoms with Gasteiger partial charge in [-0.1, -0.05) is 25.1 Å². The Balaban J connectivity index is 1.80. The van der Waals surface area contributed by atoms with Crippen LogP contribution >= 0.6 is 0 Å². The first-order valence-electron chi connectivity index (χ1n) is 7.22. The number of rotatable bonds is 4. The van der Waals surface area contributed by atoms with Crippen molar-refractivity contribution in [1.29, 1.82) is 0 Å². The normalized spacial score (nSPS) is 25.1. The van der Waals surface area contributed by atoms with Crippen molar-refractivity contribution in [3.05, 3.63) is 29.8 Å². The minimum Gasteiger partial charge on any atom is -0.384 e. The zero-order valence-corrected chi connectivity index (χ0v) is 11.9. The van der Waals surface area contributed by atoms with Crippen LogP contribution in [0.3, 0.4) is 0 Å². The van der Waals surface area contributed by atoms with E-state index in [-0.39, 0.29) is 0 Å². The van der Waals surface area contributed by atoms with Gasteiger partial charge >= 0.3 is 0 Å². The van der Waals surface area contributed by atoms with Crippen LogP contribution in [0.15, 0.2) is 24.3 Å². The fourth-order valence-corrected chi connectivity index (χ4v) is 2.84. The van der Waals surface area contributed by atoms with Gasteiger partial charge in [-0.15, -0.1) is 0 Å². The summed E-state index contributed by atoms with van der Waals surface area (Å²) in [6, 6.07) is 9.25. The van der Waals surface area contributed by atoms with E-state index in [0.717, 1.165) is 25.0 Å². The van der Waals surface area contributed by atoms with Crippen LogP contribution in [0.5, 0.6) is 0 Å². The third kappa shape index (κ3) is 3.26. The lowest BCUT2D eigenvalue weighted by Crippen LogP contribution is -2.44. The van der Waals surface area contributed by atoms with Crippen molar-refractivity contribution in [3.8, 4) is 0 Å². The standard InChI is InChI=1S/C16H26N2/c1-13-8-6-11-18(15(13)3)12-10-17-16-9-5-4-7-14(16)2/h4-5,7,9,13,15,17H,6,8,10-12H2,1-3H3. The number of anilines is 1. The maximum absolute atomic E-state index is 3.55. The predicted molar refractivity (Wildman–Crippen MR) is 79.1 cm³/mol. The Bertz CT molecular complexity index is 375. The number of para-hydroxylation sites is 1. The summed E-state index contributed by atoms with van der Waals surface area (Å²) in [4.78, 5) is 2.62. The molecule has 1 aliphatic heterocycles. The molecule has 1 heterocycles. The van der Waals surface area contributed by atoms with E-state index in [4.69, 9.17) is 0 Å². The average molecular weight is 246 g/mol. The molecule has 1 fully saturated rings. The highest BCUT2D eigenvalue weighted by atomic mass is 15.2. The lowest BCUT2D eigenvalue weighted by atomic mass is 9.92. The molecule has 2 nitrogen and oxygen atoms in total. The van der Waals surface area contributed by atoms with E-state index < -0.39 is 0 Å². The molecule has 1 aromatic rings. The van der Waals surface area contributed by atoms with Gasteiger partial charge in [-0.05, 0) is 50.8 Å². The number of benzene rings is 1. The fourth-order valence-electron chi connectivity index (χ4n) is 2.84. The molecule has 1 saturated heterocycles. The molecule has 2 rings (SSSR count). The van der Waals surface area contributed by atoms with E-state index >= 15 is 0 Å². The van der Waals surface area contributed by atoms with Crippen LogP contribution in [0, 0.1) is 12.8 Å². The molecule has 1 N–H and O–H groups in total. The highest BCUT2D eigenvalue weighted by molar-refractivity contribution is 5.50. The van der Waals surface area contributed by atoms with E-state index in [0.29, 0.717) is 0 Å². The quantitative estimate of drug-likeness (QED) is 0.874. The monoisotopic (exact) mass is 246 g/mol. The third-order valence-electron chi connectivity index (χ3n) is 4.36. The molecule has 2 heteroatoms. The van der Waals surface area contributed by atoms with E-state index in [1.54, 1.807) is 0 Å². The van der Waals surface area contributed by atoms with Gasteiger partial charge in [0.1, 0.15) is 0 Å². The van der Waals surface area contributed by atoms with Gasteiger partial charge in [0, 0.05) is 24.8 Å². The average Bonchev–Trinajstić information content (AvgIpc) is 2.37. The Morgan fingerprint density at radius 2 is 2.06 bits per heavy atom. The highest BCUT2D eigenvalue weighted by Gasteiger charge is 2.23. The minimum atomic E-state index is 0.734. The van der Waals surface area contributed by atoms with Crippen LogP contribution in [-0.4, -0.2) is 30.6 Å². The Kier molecular flexibility index (Phi) is 4.65. The summed E-state index contributed by atoms with van der Waals surface area (Å²) in [7, 11) is 0. The van der Waals surface area contributed by atoms with Gasteiger partial charge in [0.25, 0.3) is 0 Å². The Morgan fingerprint density at radius 1 is 1.28 bits per heavy atom. The summed E-state index contributed by atoms with van der Waals surface area (Å²) in [6.45, 7) is 10.4. The SMILES string of the molecule is Cc1ccccc1NCCN1CCCC(C)C1C. The number of aryl methyl sites for hydroxylation is 1. The molecule has 0 aromatic heterocycles. The first-order valence-corrected chi connectivity index (χ1v) is 7.22. The summed E-state index contributed by atoms with van der Waals surface area (Å²) in [5.41, 5.74) is 2.60. The van der Waals surface area contributed by atoms with E-state index in [2.05, 4.69) is 55.3 Å². The largest absolute Gasteiger partial charge is 0.384 e. The van der Waals surface area contributed by atoms with Crippen molar-refractivity contribution >= 4 is 5.69 Å². The zero-order chi connectivity index (χ0) is 13.0. The topological polar surface area (TPSA) is 15.3 Å². The smallest absolute Gasteiger partial charge is 0.0370 e. The van der Waals surface area contributed by atoms with E-state index in [1.165, 1.54) is 30.6 Å². The molecule has 1 aromatic carbocycles. The molecule has 0 radical (unpaired) electrons. The number of hydrogen-bond acceptors (Lipinski definition) is 2. The molecule has 0 spiro atoms. The Morgan fingerprint density at radius 3 is 2.83 bits per heavy atom. The molecule has 0 bridgehead atoms. The van der Waals surface area contributed by atoms with Gasteiger partial charge in [0.05, 0.1) is 0 Å². The summed E-state index contributed by atoms with van der Waals surface area (Å²) in [6.07, 6.45) is 2.75. The zero-order valence-electron chi connectivity index (χ0n) is 11.9. The second-order valence-electron chi connectivity index (χ2n) is 5.64. The van der Waals surface area contributed by atoms with Gasteiger partial charge in [0.15, 0.2) is 0 Å². The van der Waals surface area contributed by atoms with Crippen LogP contribution in [0.2, 0.25) is 0 Å². The van der Waals surface area contributed by atoms with Crippen LogP contribution in [-0.2, 0) is 0 Å². The van der Waals surface area contributed by atoms with Gasteiger partial charge in [-0.2, -0.15) is 0 Å². The summed E-state index contributed by atoms with van der Waals surface area (Å²) in [5, 5.41) is 3.55. The molecule has 2 atom stereocenters. The molecular formula is C16H26N2. The summed E-state index contributed by atoms with van der Waals surface area (Å²) < 4.78 is 0. The molecule has 1 aliphatic rings. The van der Waals surface area contributed by atoms with Crippen molar-refractivity contribution in [3.63, 3.8) is 0 Å². The van der Waals surface area contributed by atoms with Gasteiger partial charge in [-0.3, -0.25) is 4.90 Å². The van der Waals surface area contributed by atoms with Crippen LogP contribution in [0.25, 0.3) is 0 Å². The second-order valence-corrected chi connectivity index (χ2v) is 5.64. The van der Waals surface area contributed by atoms with Crippen molar-refractivity contribution < 1.29 is 0 Å². The second kappa shape index (κ2) is 6.24. The van der Waals surface area contributed by atoms with Gasteiger partial charge in [0.2, 0.25) is 0 Å². The lowest BCUT2D eigenvalue weighted by molar-refractivity contribution is 0.119. The van der Waals surface area contributed by atoms with Gasteiger partial charge < -0.3 is 5.32 Å². The Hall–Kier alpha value is -1.02. The van der Waals surface area contributed by atoms with Crippen molar-refractivity contribution in [2.45, 2.75) is 39.7 Å². The number of piperidine rings is 1. The molecule has 0 amide bonds. The number of nitrogens with zero attached hydrogens (tertiary/aromatic N) is 1. The van der Waals surface area contributed by atoms with Gasteiger partial charge in [-0.25, -0.2) is 0 Å². The first kappa shape index (κ1) is 13.4. The van der Waals surface area contributed by atoms with Crippen molar-refractivity contribution in [1.82, 2.24) is 4.90 Å².